The van der Waals surface area contributed by atoms with Gasteiger partial charge in [-0.15, -0.1) is 0 Å². The Labute approximate surface area is 127 Å². The van der Waals surface area contributed by atoms with Crippen LogP contribution in [0.2, 0.25) is 0 Å². The van der Waals surface area contributed by atoms with Crippen LogP contribution in [-0.4, -0.2) is 39.7 Å². The van der Waals surface area contributed by atoms with E-state index in [1.807, 2.05) is 25.6 Å². The van der Waals surface area contributed by atoms with Crippen molar-refractivity contribution in [2.45, 2.75) is 59.3 Å². The quantitative estimate of drug-likeness (QED) is 0.838. The fourth-order valence-corrected chi connectivity index (χ4v) is 3.23. The molecule has 5 heteroatoms. The lowest BCUT2D eigenvalue weighted by atomic mass is 9.56. The van der Waals surface area contributed by atoms with Crippen LogP contribution >= 0.6 is 0 Å². The summed E-state index contributed by atoms with van der Waals surface area (Å²) in [5, 5.41) is 18.6. The minimum atomic E-state index is -0.698. The molecule has 1 aromatic rings. The molecule has 1 saturated carbocycles. The van der Waals surface area contributed by atoms with Crippen molar-refractivity contribution < 1.29 is 9.84 Å². The maximum atomic E-state index is 10.8. The minimum Gasteiger partial charge on any atom is -0.388 e. The summed E-state index contributed by atoms with van der Waals surface area (Å²) in [6, 6.07) is 0. The number of hydrogen-bond donors (Lipinski definition) is 2. The molecule has 2 rings (SSSR count). The molecule has 0 amide bonds. The Morgan fingerprint density at radius 2 is 2.10 bits per heavy atom. The van der Waals surface area contributed by atoms with Crippen molar-refractivity contribution in [3.8, 4) is 0 Å². The first-order chi connectivity index (χ1) is 9.73. The highest BCUT2D eigenvalue weighted by molar-refractivity contribution is 5.24. The third-order valence-electron chi connectivity index (χ3n) is 5.27. The SMILES string of the molecule is CCOC1CC(O)(CNCc2c(C)nn(C)c2C)C1(C)C. The molecule has 2 atom stereocenters. The van der Waals surface area contributed by atoms with Gasteiger partial charge in [0.25, 0.3) is 0 Å². The number of aryl methyl sites for hydroxylation is 2. The first-order valence-electron chi connectivity index (χ1n) is 7.76. The fourth-order valence-electron chi connectivity index (χ4n) is 3.23. The molecule has 0 spiro atoms. The van der Waals surface area contributed by atoms with Crippen LogP contribution in [0.5, 0.6) is 0 Å². The molecule has 2 N–H and O–H groups in total. The number of aromatic nitrogens is 2. The zero-order chi connectivity index (χ0) is 15.8. The molecular formula is C16H29N3O2. The average molecular weight is 295 g/mol. The summed E-state index contributed by atoms with van der Waals surface area (Å²) < 4.78 is 7.60. The highest BCUT2D eigenvalue weighted by atomic mass is 16.5. The van der Waals surface area contributed by atoms with Crippen molar-refractivity contribution in [1.29, 1.82) is 0 Å². The van der Waals surface area contributed by atoms with E-state index in [2.05, 4.69) is 31.2 Å². The minimum absolute atomic E-state index is 0.149. The van der Waals surface area contributed by atoms with E-state index in [4.69, 9.17) is 4.74 Å². The van der Waals surface area contributed by atoms with Gasteiger partial charge in [-0.05, 0) is 20.8 Å². The maximum Gasteiger partial charge on any atom is 0.0871 e. The van der Waals surface area contributed by atoms with Crippen molar-refractivity contribution in [2.75, 3.05) is 13.2 Å². The molecule has 0 saturated heterocycles. The van der Waals surface area contributed by atoms with E-state index in [0.29, 0.717) is 19.6 Å². The van der Waals surface area contributed by atoms with E-state index < -0.39 is 5.60 Å². The van der Waals surface area contributed by atoms with E-state index in [1.165, 1.54) is 11.3 Å². The summed E-state index contributed by atoms with van der Waals surface area (Å²) in [6.45, 7) is 12.3. The standard InChI is InChI=1S/C16H29N3O2/c1-7-21-14-8-16(20,15(14,4)5)10-17-9-13-11(2)18-19(6)12(13)3/h14,17,20H,7-10H2,1-6H3. The second-order valence-corrected chi connectivity index (χ2v) is 6.78. The average Bonchev–Trinajstić information content (AvgIpc) is 2.65. The Balaban J connectivity index is 1.92. The van der Waals surface area contributed by atoms with Gasteiger partial charge in [-0.25, -0.2) is 0 Å². The van der Waals surface area contributed by atoms with Gasteiger partial charge in [0.15, 0.2) is 0 Å². The summed E-state index contributed by atoms with van der Waals surface area (Å²) in [5.74, 6) is 0. The van der Waals surface area contributed by atoms with Gasteiger partial charge in [0, 0.05) is 49.8 Å². The van der Waals surface area contributed by atoms with Crippen LogP contribution < -0.4 is 5.32 Å². The van der Waals surface area contributed by atoms with Crippen LogP contribution in [0.4, 0.5) is 0 Å². The molecule has 5 nitrogen and oxygen atoms in total. The predicted octanol–water partition coefficient (Wildman–Crippen LogP) is 1.69. The zero-order valence-corrected chi connectivity index (χ0v) is 14.2. The summed E-state index contributed by atoms with van der Waals surface area (Å²) in [6.07, 6.45) is 0.849. The molecule has 0 radical (unpaired) electrons. The van der Waals surface area contributed by atoms with Crippen LogP contribution in [0, 0.1) is 19.3 Å². The topological polar surface area (TPSA) is 59.3 Å². The molecule has 1 fully saturated rings. The lowest BCUT2D eigenvalue weighted by Gasteiger charge is -2.58. The summed E-state index contributed by atoms with van der Waals surface area (Å²) in [4.78, 5) is 0. The van der Waals surface area contributed by atoms with Gasteiger partial charge >= 0.3 is 0 Å². The molecule has 0 aliphatic heterocycles. The van der Waals surface area contributed by atoms with Crippen molar-refractivity contribution in [1.82, 2.24) is 15.1 Å². The van der Waals surface area contributed by atoms with Crippen LogP contribution in [0.15, 0.2) is 0 Å². The van der Waals surface area contributed by atoms with Crippen molar-refractivity contribution in [2.24, 2.45) is 12.5 Å². The number of rotatable bonds is 6. The normalized spacial score (nSPS) is 27.7. The molecular weight excluding hydrogens is 266 g/mol. The molecule has 1 aliphatic carbocycles. The molecule has 2 unspecified atom stereocenters. The summed E-state index contributed by atoms with van der Waals surface area (Å²) >= 11 is 0. The van der Waals surface area contributed by atoms with Gasteiger partial charge in [0.1, 0.15) is 0 Å². The van der Waals surface area contributed by atoms with E-state index in [1.54, 1.807) is 0 Å². The first-order valence-corrected chi connectivity index (χ1v) is 7.76. The predicted molar refractivity (Wildman–Crippen MR) is 83.2 cm³/mol. The Kier molecular flexibility index (Phi) is 4.47. The Morgan fingerprint density at radius 3 is 2.57 bits per heavy atom. The number of nitrogens with zero attached hydrogens (tertiary/aromatic N) is 2. The molecule has 21 heavy (non-hydrogen) atoms. The lowest BCUT2D eigenvalue weighted by Crippen LogP contribution is -2.68. The molecule has 120 valence electrons. The molecule has 0 bridgehead atoms. The van der Waals surface area contributed by atoms with Gasteiger partial charge in [0.05, 0.1) is 17.4 Å². The van der Waals surface area contributed by atoms with Crippen LogP contribution in [0.25, 0.3) is 0 Å². The van der Waals surface area contributed by atoms with Crippen LogP contribution in [-0.2, 0) is 18.3 Å². The largest absolute Gasteiger partial charge is 0.388 e. The van der Waals surface area contributed by atoms with Gasteiger partial charge in [0.2, 0.25) is 0 Å². The van der Waals surface area contributed by atoms with E-state index in [-0.39, 0.29) is 11.5 Å². The number of hydrogen-bond acceptors (Lipinski definition) is 4. The lowest BCUT2D eigenvalue weighted by molar-refractivity contribution is -0.238. The molecule has 0 aromatic carbocycles. The molecule has 1 aliphatic rings. The van der Waals surface area contributed by atoms with Crippen molar-refractivity contribution >= 4 is 0 Å². The monoisotopic (exact) mass is 295 g/mol. The molecule has 1 heterocycles. The maximum absolute atomic E-state index is 10.8. The third-order valence-corrected chi connectivity index (χ3v) is 5.27. The van der Waals surface area contributed by atoms with Crippen LogP contribution in [0.1, 0.15) is 44.1 Å². The van der Waals surface area contributed by atoms with Crippen molar-refractivity contribution in [3.63, 3.8) is 0 Å². The second kappa shape index (κ2) is 5.71. The van der Waals surface area contributed by atoms with E-state index in [0.717, 1.165) is 12.2 Å². The Hall–Kier alpha value is -0.910. The van der Waals surface area contributed by atoms with E-state index in [9.17, 15) is 5.11 Å². The number of nitrogens with one attached hydrogen (secondary N) is 1. The highest BCUT2D eigenvalue weighted by Gasteiger charge is 2.59. The highest BCUT2D eigenvalue weighted by Crippen LogP contribution is 2.50. The van der Waals surface area contributed by atoms with Gasteiger partial charge in [-0.1, -0.05) is 13.8 Å². The Morgan fingerprint density at radius 1 is 1.43 bits per heavy atom. The van der Waals surface area contributed by atoms with Gasteiger partial charge < -0.3 is 15.2 Å². The summed E-state index contributed by atoms with van der Waals surface area (Å²) in [5.41, 5.74) is 2.53. The van der Waals surface area contributed by atoms with Crippen molar-refractivity contribution in [3.05, 3.63) is 17.0 Å². The number of aliphatic hydroxyl groups is 1. The molecule has 1 aromatic heterocycles. The van der Waals surface area contributed by atoms with Gasteiger partial charge in [-0.3, -0.25) is 4.68 Å². The third kappa shape index (κ3) is 2.74. The summed E-state index contributed by atoms with van der Waals surface area (Å²) in [7, 11) is 1.96. The van der Waals surface area contributed by atoms with E-state index >= 15 is 0 Å². The second-order valence-electron chi connectivity index (χ2n) is 6.78. The first kappa shape index (κ1) is 16.5. The number of ether oxygens (including phenoxy) is 1. The fraction of sp³-hybridized carbons (Fsp3) is 0.812. The van der Waals surface area contributed by atoms with Crippen LogP contribution in [0.3, 0.4) is 0 Å². The Bertz CT molecular complexity index is 510. The zero-order valence-electron chi connectivity index (χ0n) is 14.2. The van der Waals surface area contributed by atoms with Gasteiger partial charge in [-0.2, -0.15) is 5.10 Å². The smallest absolute Gasteiger partial charge is 0.0871 e.